The largest absolute Gasteiger partial charge is 0.476 e. The summed E-state index contributed by atoms with van der Waals surface area (Å²) in [6.07, 6.45) is 4.49. The maximum Gasteiger partial charge on any atom is 0.349 e. The van der Waals surface area contributed by atoms with E-state index < -0.39 is 11.6 Å². The zero-order chi connectivity index (χ0) is 32.5. The van der Waals surface area contributed by atoms with Crippen molar-refractivity contribution >= 4 is 22.8 Å². The van der Waals surface area contributed by atoms with Crippen LogP contribution in [0.2, 0.25) is 0 Å². The van der Waals surface area contributed by atoms with Gasteiger partial charge in [-0.05, 0) is 105 Å². The molecule has 1 aromatic heterocycles. The van der Waals surface area contributed by atoms with Gasteiger partial charge in [0.05, 0.1) is 13.2 Å². The van der Waals surface area contributed by atoms with Crippen molar-refractivity contribution in [3.8, 4) is 5.75 Å². The molecule has 1 heterocycles. The van der Waals surface area contributed by atoms with E-state index in [0.29, 0.717) is 23.7 Å². The standard InChI is InChI=1S/C39H48N2O4/c1-25(29-15-11-16-31(22-29)38(3,4)5)40-36(42)30-18-19-33-34(26(2)41(35(33)23-30)24-27-12-9-13-27)21-28-14-10-17-32(20-28)45-39(6,7)37(43)44-8/h10-11,14-20,22-23,25,27H,9,12-13,21,24H2,1-8H3,(H,40,42)/t25-/m0/s1. The van der Waals surface area contributed by atoms with Crippen molar-refractivity contribution in [2.45, 2.75) is 97.8 Å². The highest BCUT2D eigenvalue weighted by atomic mass is 16.6. The molecule has 1 atom stereocenters. The van der Waals surface area contributed by atoms with Gasteiger partial charge >= 0.3 is 5.97 Å². The molecule has 0 spiro atoms. The Morgan fingerprint density at radius 1 is 0.978 bits per heavy atom. The van der Waals surface area contributed by atoms with E-state index >= 15 is 0 Å². The number of esters is 1. The number of carbonyl (C=O) groups is 2. The Morgan fingerprint density at radius 3 is 2.38 bits per heavy atom. The summed E-state index contributed by atoms with van der Waals surface area (Å²) in [7, 11) is 1.37. The summed E-state index contributed by atoms with van der Waals surface area (Å²) in [6, 6.07) is 22.4. The first-order valence-electron chi connectivity index (χ1n) is 16.2. The minimum absolute atomic E-state index is 0.0418. The van der Waals surface area contributed by atoms with Crippen LogP contribution >= 0.6 is 0 Å². The molecule has 1 amide bonds. The molecular weight excluding hydrogens is 560 g/mol. The van der Waals surface area contributed by atoms with Crippen LogP contribution in [0.4, 0.5) is 0 Å². The van der Waals surface area contributed by atoms with Crippen molar-refractivity contribution in [1.29, 1.82) is 0 Å². The van der Waals surface area contributed by atoms with Gasteiger partial charge in [0.15, 0.2) is 5.60 Å². The maximum atomic E-state index is 13.6. The molecular formula is C39H48N2O4. The van der Waals surface area contributed by atoms with E-state index in [2.05, 4.69) is 80.0 Å². The summed E-state index contributed by atoms with van der Waals surface area (Å²) < 4.78 is 13.4. The topological polar surface area (TPSA) is 69.6 Å². The van der Waals surface area contributed by atoms with Crippen LogP contribution in [0.5, 0.6) is 5.75 Å². The van der Waals surface area contributed by atoms with E-state index in [-0.39, 0.29) is 17.4 Å². The molecule has 6 heteroatoms. The lowest BCUT2D eigenvalue weighted by Gasteiger charge is -2.27. The zero-order valence-corrected chi connectivity index (χ0v) is 28.1. The van der Waals surface area contributed by atoms with Crippen molar-refractivity contribution in [2.75, 3.05) is 7.11 Å². The summed E-state index contributed by atoms with van der Waals surface area (Å²) >= 11 is 0. The van der Waals surface area contributed by atoms with Crippen LogP contribution in [-0.4, -0.2) is 29.2 Å². The molecule has 1 N–H and O–H groups in total. The third kappa shape index (κ3) is 7.11. The number of methoxy groups -OCH3 is 1. The molecule has 1 aliphatic rings. The Kier molecular flexibility index (Phi) is 9.16. The number of ether oxygens (including phenoxy) is 2. The molecule has 5 rings (SSSR count). The SMILES string of the molecule is COC(=O)C(C)(C)Oc1cccc(Cc2c(C)n(CC3CCC3)c3cc(C(=O)N[C@@H](C)c4cccc(C(C)(C)C)c4)ccc23)c1. The average Bonchev–Trinajstić information content (AvgIpc) is 3.23. The molecule has 0 bridgehead atoms. The van der Waals surface area contributed by atoms with Gasteiger partial charge in [-0.3, -0.25) is 4.79 Å². The average molecular weight is 609 g/mol. The fourth-order valence-electron chi connectivity index (χ4n) is 6.22. The molecule has 4 aromatic rings. The summed E-state index contributed by atoms with van der Waals surface area (Å²) in [4.78, 5) is 25.8. The van der Waals surface area contributed by atoms with Gasteiger partial charge < -0.3 is 19.4 Å². The Hall–Kier alpha value is -4.06. The molecule has 1 saturated carbocycles. The van der Waals surface area contributed by atoms with Gasteiger partial charge in [-0.15, -0.1) is 0 Å². The first-order chi connectivity index (χ1) is 21.3. The maximum absolute atomic E-state index is 13.6. The normalized spacial score (nSPS) is 14.6. The molecule has 238 valence electrons. The van der Waals surface area contributed by atoms with E-state index in [1.54, 1.807) is 13.8 Å². The number of benzene rings is 3. The molecule has 0 radical (unpaired) electrons. The van der Waals surface area contributed by atoms with Crippen molar-refractivity contribution in [1.82, 2.24) is 9.88 Å². The van der Waals surface area contributed by atoms with Crippen LogP contribution < -0.4 is 10.1 Å². The Labute approximate surface area is 268 Å². The number of nitrogens with one attached hydrogen (secondary N) is 1. The van der Waals surface area contributed by atoms with Gasteiger partial charge in [-0.1, -0.05) is 69.7 Å². The minimum atomic E-state index is -1.09. The predicted molar refractivity (Wildman–Crippen MR) is 181 cm³/mol. The van der Waals surface area contributed by atoms with Gasteiger partial charge in [0.2, 0.25) is 0 Å². The molecule has 0 unspecified atom stereocenters. The smallest absolute Gasteiger partial charge is 0.349 e. The number of fused-ring (bicyclic) bond motifs is 1. The second kappa shape index (κ2) is 12.7. The van der Waals surface area contributed by atoms with Crippen molar-refractivity contribution < 1.29 is 19.1 Å². The van der Waals surface area contributed by atoms with Crippen LogP contribution in [0.15, 0.2) is 66.7 Å². The Balaban J connectivity index is 1.43. The third-order valence-corrected chi connectivity index (χ3v) is 9.31. The number of carbonyl (C=O) groups excluding carboxylic acids is 2. The number of amides is 1. The third-order valence-electron chi connectivity index (χ3n) is 9.31. The summed E-state index contributed by atoms with van der Waals surface area (Å²) in [5.41, 5.74) is 6.63. The molecule has 3 aromatic carbocycles. The monoisotopic (exact) mass is 608 g/mol. The van der Waals surface area contributed by atoms with E-state index in [9.17, 15) is 9.59 Å². The van der Waals surface area contributed by atoms with Gasteiger partial charge in [-0.25, -0.2) is 4.79 Å². The number of hydrogen-bond acceptors (Lipinski definition) is 4. The second-order valence-electron chi connectivity index (χ2n) is 14.2. The van der Waals surface area contributed by atoms with Gasteiger partial charge in [0, 0.05) is 28.7 Å². The predicted octanol–water partition coefficient (Wildman–Crippen LogP) is 8.46. The fourth-order valence-corrected chi connectivity index (χ4v) is 6.22. The molecule has 1 aliphatic carbocycles. The molecule has 6 nitrogen and oxygen atoms in total. The molecule has 45 heavy (non-hydrogen) atoms. The van der Waals surface area contributed by atoms with Gasteiger partial charge in [0.25, 0.3) is 5.91 Å². The van der Waals surface area contributed by atoms with E-state index in [0.717, 1.165) is 28.6 Å². The number of rotatable bonds is 10. The highest BCUT2D eigenvalue weighted by Crippen LogP contribution is 2.35. The minimum Gasteiger partial charge on any atom is -0.476 e. The van der Waals surface area contributed by atoms with Crippen LogP contribution in [-0.2, 0) is 27.9 Å². The summed E-state index contributed by atoms with van der Waals surface area (Å²) in [6.45, 7) is 15.2. The van der Waals surface area contributed by atoms with Crippen LogP contribution in [0.3, 0.4) is 0 Å². The summed E-state index contributed by atoms with van der Waals surface area (Å²) in [5, 5.41) is 4.40. The van der Waals surface area contributed by atoms with Crippen LogP contribution in [0.1, 0.15) is 105 Å². The molecule has 0 saturated heterocycles. The lowest BCUT2D eigenvalue weighted by molar-refractivity contribution is -0.156. The molecule has 0 aliphatic heterocycles. The molecule has 1 fully saturated rings. The first kappa shape index (κ1) is 32.3. The van der Waals surface area contributed by atoms with Crippen molar-refractivity contribution in [3.05, 3.63) is 100 Å². The lowest BCUT2D eigenvalue weighted by atomic mass is 9.85. The summed E-state index contributed by atoms with van der Waals surface area (Å²) in [5.74, 6) is 0.798. The van der Waals surface area contributed by atoms with E-state index in [4.69, 9.17) is 9.47 Å². The van der Waals surface area contributed by atoms with Crippen LogP contribution in [0.25, 0.3) is 10.9 Å². The lowest BCUT2D eigenvalue weighted by Crippen LogP contribution is -2.39. The zero-order valence-electron chi connectivity index (χ0n) is 28.1. The van der Waals surface area contributed by atoms with Gasteiger partial charge in [-0.2, -0.15) is 0 Å². The number of nitrogens with zero attached hydrogens (tertiary/aromatic N) is 1. The number of hydrogen-bond donors (Lipinski definition) is 1. The Morgan fingerprint density at radius 2 is 1.71 bits per heavy atom. The first-order valence-corrected chi connectivity index (χ1v) is 16.2. The van der Waals surface area contributed by atoms with Gasteiger partial charge in [0.1, 0.15) is 5.75 Å². The highest BCUT2D eigenvalue weighted by Gasteiger charge is 2.31. The van der Waals surface area contributed by atoms with Crippen LogP contribution in [0, 0.1) is 12.8 Å². The van der Waals surface area contributed by atoms with Crippen molar-refractivity contribution in [2.24, 2.45) is 5.92 Å². The van der Waals surface area contributed by atoms with E-state index in [1.165, 1.54) is 43.2 Å². The van der Waals surface area contributed by atoms with Crippen molar-refractivity contribution in [3.63, 3.8) is 0 Å². The quantitative estimate of drug-likeness (QED) is 0.183. The Bertz CT molecular complexity index is 1700. The second-order valence-corrected chi connectivity index (χ2v) is 14.2. The van der Waals surface area contributed by atoms with E-state index in [1.807, 2.05) is 31.2 Å². The fraction of sp³-hybridized carbons (Fsp3) is 0.436. The highest BCUT2D eigenvalue weighted by molar-refractivity contribution is 5.99. The number of aromatic nitrogens is 1.